The normalized spacial score (nSPS) is 19.0. The first-order chi connectivity index (χ1) is 18.6. The molecule has 2 aliphatic rings. The van der Waals surface area contributed by atoms with Crippen LogP contribution in [0.15, 0.2) is 60.6 Å². The van der Waals surface area contributed by atoms with E-state index in [0.717, 1.165) is 45.6 Å². The molecule has 2 aromatic heterocycles. The highest BCUT2D eigenvalue weighted by atomic mass is 19.3. The molecular weight excluding hydrogens is 496 g/mol. The molecule has 1 aliphatic carbocycles. The number of fused-ring (bicyclic) bond motifs is 1. The second-order valence-electron chi connectivity index (χ2n) is 11.0. The number of anilines is 2. The van der Waals surface area contributed by atoms with Gasteiger partial charge in [-0.25, -0.2) is 13.8 Å². The molecule has 0 spiro atoms. The number of carbonyl (C=O) groups is 1. The SMILES string of the molecule is CC1=C(C(=O)Nc2ccc(N(C)C)nc2)c2cc(-c3cncc(CN4CCC(F)(F)CC4)c3)ccc2[C@@H](C)C1. The molecule has 8 heteroatoms. The van der Waals surface area contributed by atoms with E-state index in [-0.39, 0.29) is 18.7 Å². The van der Waals surface area contributed by atoms with Crippen LogP contribution in [0.25, 0.3) is 16.7 Å². The smallest absolute Gasteiger partial charge is 0.256 e. The number of alkyl halides is 2. The van der Waals surface area contributed by atoms with E-state index in [1.165, 1.54) is 0 Å². The van der Waals surface area contributed by atoms with E-state index in [1.807, 2.05) is 44.2 Å². The van der Waals surface area contributed by atoms with Crippen LogP contribution >= 0.6 is 0 Å². The third-order valence-electron chi connectivity index (χ3n) is 7.71. The lowest BCUT2D eigenvalue weighted by Crippen LogP contribution is -2.38. The molecule has 3 heterocycles. The summed E-state index contributed by atoms with van der Waals surface area (Å²) in [7, 11) is 3.85. The lowest BCUT2D eigenvalue weighted by Gasteiger charge is -2.31. The van der Waals surface area contributed by atoms with Gasteiger partial charge in [-0.2, -0.15) is 0 Å². The third kappa shape index (κ3) is 6.01. The number of benzene rings is 1. The fraction of sp³-hybridized carbons (Fsp3) is 0.387. The van der Waals surface area contributed by atoms with E-state index in [2.05, 4.69) is 51.4 Å². The molecule has 5 rings (SSSR count). The van der Waals surface area contributed by atoms with Gasteiger partial charge in [0.15, 0.2) is 0 Å². The van der Waals surface area contributed by atoms with Crippen molar-refractivity contribution in [2.45, 2.75) is 51.5 Å². The van der Waals surface area contributed by atoms with Crippen LogP contribution < -0.4 is 10.2 Å². The molecule has 0 unspecified atom stereocenters. The van der Waals surface area contributed by atoms with Crippen LogP contribution in [0.4, 0.5) is 20.3 Å². The van der Waals surface area contributed by atoms with Crippen molar-refractivity contribution in [1.82, 2.24) is 14.9 Å². The summed E-state index contributed by atoms with van der Waals surface area (Å²) in [4.78, 5) is 26.4. The molecule has 6 nitrogen and oxygen atoms in total. The van der Waals surface area contributed by atoms with Crippen molar-refractivity contribution in [1.29, 1.82) is 0 Å². The van der Waals surface area contributed by atoms with E-state index >= 15 is 0 Å². The lowest BCUT2D eigenvalue weighted by atomic mass is 9.78. The molecule has 1 atom stereocenters. The number of amides is 1. The summed E-state index contributed by atoms with van der Waals surface area (Å²) < 4.78 is 27.1. The van der Waals surface area contributed by atoms with Crippen LogP contribution in [0.2, 0.25) is 0 Å². The summed E-state index contributed by atoms with van der Waals surface area (Å²) in [6.45, 7) is 5.56. The molecule has 3 aromatic rings. The van der Waals surface area contributed by atoms with Gasteiger partial charge < -0.3 is 10.2 Å². The fourth-order valence-corrected chi connectivity index (χ4v) is 5.55. The Morgan fingerprint density at radius 3 is 2.54 bits per heavy atom. The third-order valence-corrected chi connectivity index (χ3v) is 7.71. The summed E-state index contributed by atoms with van der Waals surface area (Å²) in [5.41, 5.74) is 7.37. The van der Waals surface area contributed by atoms with E-state index < -0.39 is 5.92 Å². The summed E-state index contributed by atoms with van der Waals surface area (Å²) in [5, 5.41) is 3.03. The van der Waals surface area contributed by atoms with Gasteiger partial charge in [0.2, 0.25) is 0 Å². The summed E-state index contributed by atoms with van der Waals surface area (Å²) in [6, 6.07) is 12.1. The van der Waals surface area contributed by atoms with E-state index in [9.17, 15) is 13.6 Å². The Morgan fingerprint density at radius 2 is 1.85 bits per heavy atom. The number of hydrogen-bond donors (Lipinski definition) is 1. The predicted octanol–water partition coefficient (Wildman–Crippen LogP) is 6.36. The van der Waals surface area contributed by atoms with Gasteiger partial charge in [-0.1, -0.05) is 24.6 Å². The number of halogens is 2. The summed E-state index contributed by atoms with van der Waals surface area (Å²) in [6.07, 6.45) is 5.90. The Labute approximate surface area is 228 Å². The van der Waals surface area contributed by atoms with Crippen molar-refractivity contribution in [3.05, 3.63) is 77.3 Å². The Bertz CT molecular complexity index is 1390. The first-order valence-corrected chi connectivity index (χ1v) is 13.4. The highest BCUT2D eigenvalue weighted by molar-refractivity contribution is 6.26. The molecule has 0 bridgehead atoms. The van der Waals surface area contributed by atoms with Crippen molar-refractivity contribution in [2.24, 2.45) is 0 Å². The van der Waals surface area contributed by atoms with Crippen molar-refractivity contribution in [3.63, 3.8) is 0 Å². The zero-order valence-electron chi connectivity index (χ0n) is 23.0. The highest BCUT2D eigenvalue weighted by Gasteiger charge is 2.34. The average Bonchev–Trinajstić information content (AvgIpc) is 2.90. The van der Waals surface area contributed by atoms with Crippen LogP contribution in [0.5, 0.6) is 0 Å². The molecule has 1 aliphatic heterocycles. The van der Waals surface area contributed by atoms with Gasteiger partial charge in [-0.05, 0) is 65.8 Å². The molecule has 0 radical (unpaired) electrons. The minimum Gasteiger partial charge on any atom is -0.363 e. The van der Waals surface area contributed by atoms with E-state index in [1.54, 1.807) is 12.4 Å². The maximum atomic E-state index is 13.6. The number of allylic oxidation sites excluding steroid dienone is 1. The number of nitrogens with zero attached hydrogens (tertiary/aromatic N) is 4. The zero-order valence-corrected chi connectivity index (χ0v) is 23.0. The minimum atomic E-state index is -2.56. The Kier molecular flexibility index (Phi) is 7.49. The largest absolute Gasteiger partial charge is 0.363 e. The van der Waals surface area contributed by atoms with Crippen LogP contribution in [-0.4, -0.2) is 53.9 Å². The standard InChI is InChI=1S/C31H35F2N5O/c1-20-13-21(2)29(30(39)36-25-6-8-28(35-18-25)37(3)4)27-15-23(5-7-26(20)27)24-14-22(16-34-17-24)19-38-11-9-31(32,33)10-12-38/h5-8,14-18,20H,9-13,19H2,1-4H3,(H,36,39)/t20-/m0/s1. The van der Waals surface area contributed by atoms with Crippen molar-refractivity contribution < 1.29 is 13.6 Å². The van der Waals surface area contributed by atoms with Gasteiger partial charge in [-0.15, -0.1) is 0 Å². The number of nitrogens with one attached hydrogen (secondary N) is 1. The van der Waals surface area contributed by atoms with Gasteiger partial charge in [0.05, 0.1) is 11.9 Å². The zero-order chi connectivity index (χ0) is 27.7. The number of hydrogen-bond acceptors (Lipinski definition) is 5. The summed E-state index contributed by atoms with van der Waals surface area (Å²) in [5.74, 6) is -1.59. The van der Waals surface area contributed by atoms with Crippen LogP contribution in [0.3, 0.4) is 0 Å². The van der Waals surface area contributed by atoms with Gasteiger partial charge in [0, 0.05) is 70.1 Å². The van der Waals surface area contributed by atoms with Crippen LogP contribution in [-0.2, 0) is 11.3 Å². The predicted molar refractivity (Wildman–Crippen MR) is 152 cm³/mol. The van der Waals surface area contributed by atoms with Gasteiger partial charge in [0.25, 0.3) is 11.8 Å². The summed E-state index contributed by atoms with van der Waals surface area (Å²) >= 11 is 0. The molecule has 39 heavy (non-hydrogen) atoms. The molecular formula is C31H35F2N5O. The Morgan fingerprint density at radius 1 is 1.08 bits per heavy atom. The Hall–Kier alpha value is -3.65. The number of likely N-dealkylation sites (tertiary alicyclic amines) is 1. The maximum Gasteiger partial charge on any atom is 0.256 e. The second-order valence-corrected chi connectivity index (χ2v) is 11.0. The molecule has 1 aromatic carbocycles. The number of piperidine rings is 1. The van der Waals surface area contributed by atoms with Crippen LogP contribution in [0, 0.1) is 0 Å². The van der Waals surface area contributed by atoms with E-state index in [4.69, 9.17) is 0 Å². The number of rotatable bonds is 6. The average molecular weight is 532 g/mol. The molecule has 0 saturated carbocycles. The van der Waals surface area contributed by atoms with E-state index in [0.29, 0.717) is 36.8 Å². The second kappa shape index (κ2) is 10.8. The molecule has 204 valence electrons. The van der Waals surface area contributed by atoms with Gasteiger partial charge in [0.1, 0.15) is 5.82 Å². The van der Waals surface area contributed by atoms with Gasteiger partial charge >= 0.3 is 0 Å². The monoisotopic (exact) mass is 531 g/mol. The molecule has 1 saturated heterocycles. The van der Waals surface area contributed by atoms with Gasteiger partial charge in [-0.3, -0.25) is 14.7 Å². The first-order valence-electron chi connectivity index (χ1n) is 13.4. The maximum absolute atomic E-state index is 13.6. The number of aromatic nitrogens is 2. The number of carbonyl (C=O) groups excluding carboxylic acids is 1. The lowest BCUT2D eigenvalue weighted by molar-refractivity contribution is -0.111. The van der Waals surface area contributed by atoms with Crippen LogP contribution in [0.1, 0.15) is 55.7 Å². The minimum absolute atomic E-state index is 0.102. The molecule has 1 amide bonds. The fourth-order valence-electron chi connectivity index (χ4n) is 5.55. The number of pyridine rings is 2. The quantitative estimate of drug-likeness (QED) is 0.401. The molecule has 1 N–H and O–H groups in total. The molecule has 1 fully saturated rings. The first kappa shape index (κ1) is 26.9. The Balaban J connectivity index is 1.40. The topological polar surface area (TPSA) is 61.4 Å². The highest BCUT2D eigenvalue weighted by Crippen LogP contribution is 2.41. The van der Waals surface area contributed by atoms with Crippen molar-refractivity contribution in [2.75, 3.05) is 37.4 Å². The van der Waals surface area contributed by atoms with Crippen molar-refractivity contribution in [3.8, 4) is 11.1 Å². The van der Waals surface area contributed by atoms with Crippen molar-refractivity contribution >= 4 is 23.0 Å².